The molecule has 0 amide bonds. The number of aromatic nitrogens is 3. The maximum Gasteiger partial charge on any atom is 0.123 e. The van der Waals surface area contributed by atoms with Gasteiger partial charge < -0.3 is 4.74 Å². The lowest BCUT2D eigenvalue weighted by Gasteiger charge is -2.05. The Morgan fingerprint density at radius 1 is 1.39 bits per heavy atom. The van der Waals surface area contributed by atoms with Gasteiger partial charge in [-0.1, -0.05) is 5.21 Å². The van der Waals surface area contributed by atoms with Gasteiger partial charge in [0.1, 0.15) is 23.9 Å². The first-order chi connectivity index (χ1) is 8.65. The minimum absolute atomic E-state index is 0.156. The third-order valence-corrected chi connectivity index (χ3v) is 2.59. The highest BCUT2D eigenvalue weighted by Crippen LogP contribution is 2.15. The Labute approximate surface area is 109 Å². The van der Waals surface area contributed by atoms with E-state index in [9.17, 15) is 4.39 Å². The van der Waals surface area contributed by atoms with Crippen LogP contribution in [-0.4, -0.2) is 21.6 Å². The van der Waals surface area contributed by atoms with Crippen LogP contribution >= 0.6 is 11.6 Å². The van der Waals surface area contributed by atoms with E-state index in [4.69, 9.17) is 16.3 Å². The predicted octanol–water partition coefficient (Wildman–Crippen LogP) is 2.80. The predicted molar refractivity (Wildman–Crippen MR) is 66.2 cm³/mol. The minimum Gasteiger partial charge on any atom is -0.492 e. The normalized spacial score (nSPS) is 12.4. The smallest absolute Gasteiger partial charge is 0.123 e. The highest BCUT2D eigenvalue weighted by molar-refractivity contribution is 6.20. The number of rotatable bonds is 5. The van der Waals surface area contributed by atoms with Crippen molar-refractivity contribution in [3.63, 3.8) is 0 Å². The maximum absolute atomic E-state index is 12.7. The van der Waals surface area contributed by atoms with Crippen molar-refractivity contribution in [3.05, 3.63) is 42.0 Å². The molecule has 0 aliphatic rings. The molecule has 1 aromatic carbocycles. The first kappa shape index (κ1) is 12.8. The number of hydrogen-bond donors (Lipinski definition) is 0. The second-order valence-corrected chi connectivity index (χ2v) is 4.48. The maximum atomic E-state index is 12.7. The van der Waals surface area contributed by atoms with Crippen LogP contribution < -0.4 is 4.74 Å². The summed E-state index contributed by atoms with van der Waals surface area (Å²) in [6.07, 6.45) is 1.78. The fraction of sp³-hybridized carbons (Fsp3) is 0.333. The van der Waals surface area contributed by atoms with Crippen LogP contribution in [-0.2, 0) is 6.54 Å². The molecule has 0 saturated carbocycles. The molecule has 1 heterocycles. The van der Waals surface area contributed by atoms with Crippen LogP contribution in [0.4, 0.5) is 4.39 Å². The van der Waals surface area contributed by atoms with Gasteiger partial charge in [0.15, 0.2) is 0 Å². The van der Waals surface area contributed by atoms with Crippen molar-refractivity contribution < 1.29 is 9.13 Å². The summed E-state index contributed by atoms with van der Waals surface area (Å²) in [7, 11) is 0. The molecule has 4 nitrogen and oxygen atoms in total. The largest absolute Gasteiger partial charge is 0.492 e. The number of alkyl halides is 1. The zero-order valence-corrected chi connectivity index (χ0v) is 10.6. The van der Waals surface area contributed by atoms with E-state index in [-0.39, 0.29) is 11.2 Å². The quantitative estimate of drug-likeness (QED) is 0.784. The second kappa shape index (κ2) is 5.82. The molecule has 2 rings (SSSR count). The molecule has 1 aromatic heterocycles. The van der Waals surface area contributed by atoms with E-state index in [2.05, 4.69) is 10.3 Å². The molecule has 0 aliphatic carbocycles. The Bertz CT molecular complexity index is 498. The van der Waals surface area contributed by atoms with Crippen molar-refractivity contribution in [3.8, 4) is 5.75 Å². The first-order valence-corrected chi connectivity index (χ1v) is 6.01. The average molecular weight is 270 g/mol. The summed E-state index contributed by atoms with van der Waals surface area (Å²) in [6, 6.07) is 5.89. The molecule has 0 saturated heterocycles. The van der Waals surface area contributed by atoms with Gasteiger partial charge in [-0.2, -0.15) is 0 Å². The fourth-order valence-electron chi connectivity index (χ4n) is 1.39. The number of nitrogens with zero attached hydrogens (tertiary/aromatic N) is 3. The molecule has 0 bridgehead atoms. The zero-order valence-electron chi connectivity index (χ0n) is 9.88. The third kappa shape index (κ3) is 3.43. The molecule has 1 unspecified atom stereocenters. The van der Waals surface area contributed by atoms with Gasteiger partial charge in [0.25, 0.3) is 0 Å². The van der Waals surface area contributed by atoms with Gasteiger partial charge in [-0.25, -0.2) is 9.07 Å². The van der Waals surface area contributed by atoms with Crippen LogP contribution in [0.25, 0.3) is 0 Å². The van der Waals surface area contributed by atoms with E-state index < -0.39 is 0 Å². The van der Waals surface area contributed by atoms with E-state index in [1.807, 2.05) is 6.92 Å². The summed E-state index contributed by atoms with van der Waals surface area (Å²) < 4.78 is 19.8. The van der Waals surface area contributed by atoms with Gasteiger partial charge in [0.2, 0.25) is 0 Å². The Morgan fingerprint density at radius 2 is 2.11 bits per heavy atom. The van der Waals surface area contributed by atoms with E-state index in [1.54, 1.807) is 23.0 Å². The monoisotopic (exact) mass is 269 g/mol. The van der Waals surface area contributed by atoms with Crippen molar-refractivity contribution in [1.82, 2.24) is 15.0 Å². The summed E-state index contributed by atoms with van der Waals surface area (Å²) in [4.78, 5) is 0. The van der Waals surface area contributed by atoms with Crippen LogP contribution in [0.5, 0.6) is 5.75 Å². The number of ether oxygens (including phenoxy) is 1. The van der Waals surface area contributed by atoms with Crippen LogP contribution in [0.15, 0.2) is 30.5 Å². The van der Waals surface area contributed by atoms with Crippen molar-refractivity contribution >= 4 is 11.6 Å². The Balaban J connectivity index is 1.82. The molecular weight excluding hydrogens is 257 g/mol. The lowest BCUT2D eigenvalue weighted by molar-refractivity contribution is 0.289. The zero-order chi connectivity index (χ0) is 13.0. The van der Waals surface area contributed by atoms with Crippen LogP contribution in [0, 0.1) is 5.82 Å². The van der Waals surface area contributed by atoms with Gasteiger partial charge in [-0.05, 0) is 31.2 Å². The van der Waals surface area contributed by atoms with Crippen molar-refractivity contribution in [2.75, 3.05) is 6.61 Å². The first-order valence-electron chi connectivity index (χ1n) is 5.57. The molecule has 0 spiro atoms. The van der Waals surface area contributed by atoms with Gasteiger partial charge in [-0.15, -0.1) is 16.7 Å². The molecule has 1 atom stereocenters. The molecule has 0 fully saturated rings. The summed E-state index contributed by atoms with van der Waals surface area (Å²) >= 11 is 5.88. The second-order valence-electron chi connectivity index (χ2n) is 3.82. The number of benzene rings is 1. The Hall–Kier alpha value is -1.62. The van der Waals surface area contributed by atoms with Crippen LogP contribution in [0.2, 0.25) is 0 Å². The van der Waals surface area contributed by atoms with Gasteiger partial charge in [-0.3, -0.25) is 0 Å². The molecule has 96 valence electrons. The third-order valence-electron chi connectivity index (χ3n) is 2.37. The van der Waals surface area contributed by atoms with E-state index in [0.29, 0.717) is 18.9 Å². The molecule has 18 heavy (non-hydrogen) atoms. The van der Waals surface area contributed by atoms with Gasteiger partial charge in [0.05, 0.1) is 18.1 Å². The average Bonchev–Trinajstić information content (AvgIpc) is 2.81. The molecule has 0 radical (unpaired) electrons. The highest BCUT2D eigenvalue weighted by Gasteiger charge is 2.06. The lowest BCUT2D eigenvalue weighted by Crippen LogP contribution is -2.08. The van der Waals surface area contributed by atoms with Crippen molar-refractivity contribution in [2.45, 2.75) is 18.8 Å². The summed E-state index contributed by atoms with van der Waals surface area (Å²) in [6.45, 7) is 2.84. The number of hydrogen-bond acceptors (Lipinski definition) is 3. The Morgan fingerprint density at radius 3 is 2.72 bits per heavy atom. The minimum atomic E-state index is -0.278. The summed E-state index contributed by atoms with van der Waals surface area (Å²) in [5.41, 5.74) is 0.735. The van der Waals surface area contributed by atoms with E-state index in [1.165, 1.54) is 12.1 Å². The van der Waals surface area contributed by atoms with E-state index >= 15 is 0 Å². The summed E-state index contributed by atoms with van der Waals surface area (Å²) in [5, 5.41) is 7.70. The molecule has 2 aromatic rings. The fourth-order valence-corrected chi connectivity index (χ4v) is 1.49. The van der Waals surface area contributed by atoms with Crippen LogP contribution in [0.3, 0.4) is 0 Å². The Kier molecular flexibility index (Phi) is 4.15. The highest BCUT2D eigenvalue weighted by atomic mass is 35.5. The molecule has 0 aliphatic heterocycles. The van der Waals surface area contributed by atoms with Crippen molar-refractivity contribution in [2.24, 2.45) is 0 Å². The van der Waals surface area contributed by atoms with Crippen LogP contribution in [0.1, 0.15) is 18.0 Å². The molecular formula is C12H13ClFN3O. The molecule has 0 N–H and O–H groups in total. The molecule has 6 heteroatoms. The topological polar surface area (TPSA) is 39.9 Å². The summed E-state index contributed by atoms with van der Waals surface area (Å²) in [5.74, 6) is 0.349. The van der Waals surface area contributed by atoms with Gasteiger partial charge >= 0.3 is 0 Å². The van der Waals surface area contributed by atoms with Gasteiger partial charge in [0, 0.05) is 0 Å². The SMILES string of the molecule is CC(Cl)c1cn(CCOc2ccc(F)cc2)nn1. The van der Waals surface area contributed by atoms with E-state index in [0.717, 1.165) is 5.69 Å². The standard InChI is InChI=1S/C12H13ClFN3O/c1-9(13)12-8-17(16-15-12)6-7-18-11-4-2-10(14)3-5-11/h2-5,8-9H,6-7H2,1H3. The lowest BCUT2D eigenvalue weighted by atomic mass is 10.3. The van der Waals surface area contributed by atoms with Crippen molar-refractivity contribution in [1.29, 1.82) is 0 Å². The number of halogens is 2.